The van der Waals surface area contributed by atoms with Gasteiger partial charge in [0, 0.05) is 5.75 Å². The number of rotatable bonds is 5. The van der Waals surface area contributed by atoms with Gasteiger partial charge >= 0.3 is 7.12 Å². The van der Waals surface area contributed by atoms with Crippen LogP contribution in [0.4, 0.5) is 0 Å². The monoisotopic (exact) mass is 250 g/mol. The molecule has 2 N–H and O–H groups in total. The van der Waals surface area contributed by atoms with Crippen LogP contribution in [0.5, 0.6) is 0 Å². The summed E-state index contributed by atoms with van der Waals surface area (Å²) >= 11 is 1.99. The number of hydrogen-bond acceptors (Lipinski definition) is 3. The number of thioether (sulfide) groups is 1. The van der Waals surface area contributed by atoms with E-state index in [0.717, 1.165) is 11.7 Å². The van der Waals surface area contributed by atoms with Gasteiger partial charge < -0.3 is 10.0 Å². The van der Waals surface area contributed by atoms with Gasteiger partial charge in [-0.05, 0) is 35.5 Å². The van der Waals surface area contributed by atoms with Gasteiger partial charge in [0.15, 0.2) is 0 Å². The average molecular weight is 250 g/mol. The Morgan fingerprint density at radius 2 is 1.76 bits per heavy atom. The minimum absolute atomic E-state index is 0.564. The second-order valence-electron chi connectivity index (χ2n) is 4.78. The van der Waals surface area contributed by atoms with Crippen molar-refractivity contribution < 1.29 is 10.0 Å². The highest BCUT2D eigenvalue weighted by Gasteiger charge is 2.14. The fourth-order valence-electron chi connectivity index (χ4n) is 2.31. The second kappa shape index (κ2) is 6.48. The highest BCUT2D eigenvalue weighted by atomic mass is 32.2. The van der Waals surface area contributed by atoms with Crippen molar-refractivity contribution in [2.24, 2.45) is 5.92 Å². The van der Waals surface area contributed by atoms with E-state index in [1.165, 1.54) is 37.0 Å². The van der Waals surface area contributed by atoms with E-state index in [0.29, 0.717) is 5.46 Å². The van der Waals surface area contributed by atoms with Crippen LogP contribution in [0.1, 0.15) is 31.2 Å². The molecule has 17 heavy (non-hydrogen) atoms. The summed E-state index contributed by atoms with van der Waals surface area (Å²) in [6.45, 7) is 0. The minimum atomic E-state index is -1.35. The summed E-state index contributed by atoms with van der Waals surface area (Å²) in [7, 11) is -1.35. The molecule has 0 radical (unpaired) electrons. The molecule has 0 unspecified atom stereocenters. The van der Waals surface area contributed by atoms with Crippen LogP contribution in [0, 0.1) is 5.92 Å². The third-order valence-electron chi connectivity index (χ3n) is 3.37. The highest BCUT2D eigenvalue weighted by Crippen LogP contribution is 2.28. The summed E-state index contributed by atoms with van der Waals surface area (Å²) in [5, 5.41) is 18.0. The molecule has 1 aliphatic rings. The maximum atomic E-state index is 8.98. The third-order valence-corrected chi connectivity index (χ3v) is 4.62. The first kappa shape index (κ1) is 13.0. The molecule has 1 saturated carbocycles. The Balaban J connectivity index is 1.74. The molecule has 1 fully saturated rings. The van der Waals surface area contributed by atoms with Gasteiger partial charge in [0.25, 0.3) is 0 Å². The SMILES string of the molecule is OB(O)c1ccc(CSCC2CCCC2)cc1. The molecule has 0 atom stereocenters. The van der Waals surface area contributed by atoms with Crippen molar-refractivity contribution in [1.82, 2.24) is 0 Å². The fourth-order valence-corrected chi connectivity index (χ4v) is 3.52. The number of benzene rings is 1. The first-order valence-electron chi connectivity index (χ1n) is 6.28. The lowest BCUT2D eigenvalue weighted by molar-refractivity contribution is 0.426. The standard InChI is InChI=1S/C13H19BO2S/c15-14(16)13-7-5-12(6-8-13)10-17-9-11-3-1-2-4-11/h5-8,11,15-16H,1-4,9-10H2. The zero-order chi connectivity index (χ0) is 12.1. The van der Waals surface area contributed by atoms with E-state index in [9.17, 15) is 0 Å². The first-order chi connectivity index (χ1) is 8.25. The lowest BCUT2D eigenvalue weighted by Gasteiger charge is -2.08. The van der Waals surface area contributed by atoms with Gasteiger partial charge in [-0.25, -0.2) is 0 Å². The van der Waals surface area contributed by atoms with Crippen molar-refractivity contribution in [3.05, 3.63) is 29.8 Å². The van der Waals surface area contributed by atoms with Crippen LogP contribution in [-0.2, 0) is 5.75 Å². The van der Waals surface area contributed by atoms with Gasteiger partial charge in [-0.15, -0.1) is 0 Å². The molecule has 0 heterocycles. The van der Waals surface area contributed by atoms with Gasteiger partial charge in [-0.1, -0.05) is 37.1 Å². The molecule has 0 aliphatic heterocycles. The number of hydrogen-bond donors (Lipinski definition) is 2. The Morgan fingerprint density at radius 3 is 2.35 bits per heavy atom. The van der Waals surface area contributed by atoms with Crippen molar-refractivity contribution in [3.8, 4) is 0 Å². The fraction of sp³-hybridized carbons (Fsp3) is 0.538. The van der Waals surface area contributed by atoms with Crippen molar-refractivity contribution in [2.45, 2.75) is 31.4 Å². The van der Waals surface area contributed by atoms with E-state index < -0.39 is 7.12 Å². The largest absolute Gasteiger partial charge is 0.488 e. The summed E-state index contributed by atoms with van der Waals surface area (Å²) in [5.41, 5.74) is 1.83. The predicted molar refractivity (Wildman–Crippen MR) is 74.4 cm³/mol. The zero-order valence-electron chi connectivity index (χ0n) is 10.0. The van der Waals surface area contributed by atoms with E-state index in [4.69, 9.17) is 10.0 Å². The molecular formula is C13H19BO2S. The van der Waals surface area contributed by atoms with Crippen molar-refractivity contribution in [1.29, 1.82) is 0 Å². The van der Waals surface area contributed by atoms with Gasteiger partial charge in [0.1, 0.15) is 0 Å². The van der Waals surface area contributed by atoms with Gasteiger partial charge in [0.05, 0.1) is 0 Å². The molecule has 1 aliphatic carbocycles. The van der Waals surface area contributed by atoms with Gasteiger partial charge in [0.2, 0.25) is 0 Å². The summed E-state index contributed by atoms with van der Waals surface area (Å²) in [4.78, 5) is 0. The Hall–Kier alpha value is -0.445. The topological polar surface area (TPSA) is 40.5 Å². The molecule has 4 heteroatoms. The van der Waals surface area contributed by atoms with Crippen LogP contribution in [0.2, 0.25) is 0 Å². The molecule has 1 aromatic carbocycles. The lowest BCUT2D eigenvalue weighted by atomic mass is 9.80. The Bertz CT molecular complexity index is 334. The normalized spacial score (nSPS) is 16.4. The summed E-state index contributed by atoms with van der Waals surface area (Å²) in [5.74, 6) is 3.22. The lowest BCUT2D eigenvalue weighted by Crippen LogP contribution is -2.29. The van der Waals surface area contributed by atoms with E-state index in [1.54, 1.807) is 12.1 Å². The van der Waals surface area contributed by atoms with E-state index >= 15 is 0 Å². The van der Waals surface area contributed by atoms with Crippen LogP contribution in [0.3, 0.4) is 0 Å². The van der Waals surface area contributed by atoms with Crippen LogP contribution in [0.15, 0.2) is 24.3 Å². The summed E-state index contributed by atoms with van der Waals surface area (Å²) in [6.07, 6.45) is 5.63. The molecule has 1 aromatic rings. The van der Waals surface area contributed by atoms with E-state index in [1.807, 2.05) is 23.9 Å². The highest BCUT2D eigenvalue weighted by molar-refractivity contribution is 7.98. The van der Waals surface area contributed by atoms with Crippen molar-refractivity contribution >= 4 is 24.3 Å². The van der Waals surface area contributed by atoms with Gasteiger partial charge in [-0.3, -0.25) is 0 Å². The molecule has 0 amide bonds. The maximum absolute atomic E-state index is 8.98. The molecular weight excluding hydrogens is 231 g/mol. The maximum Gasteiger partial charge on any atom is 0.488 e. The second-order valence-corrected chi connectivity index (χ2v) is 5.81. The quantitative estimate of drug-likeness (QED) is 0.783. The Morgan fingerprint density at radius 1 is 1.12 bits per heavy atom. The predicted octanol–water partition coefficient (Wildman–Crippen LogP) is 1.79. The minimum Gasteiger partial charge on any atom is -0.423 e. The van der Waals surface area contributed by atoms with Crippen LogP contribution in [-0.4, -0.2) is 22.9 Å². The zero-order valence-corrected chi connectivity index (χ0v) is 10.8. The van der Waals surface area contributed by atoms with Crippen molar-refractivity contribution in [3.63, 3.8) is 0 Å². The third kappa shape index (κ3) is 4.05. The smallest absolute Gasteiger partial charge is 0.423 e. The first-order valence-corrected chi connectivity index (χ1v) is 7.44. The van der Waals surface area contributed by atoms with E-state index in [2.05, 4.69) is 0 Å². The molecule has 0 spiro atoms. The molecule has 0 saturated heterocycles. The average Bonchev–Trinajstić information content (AvgIpc) is 2.83. The summed E-state index contributed by atoms with van der Waals surface area (Å²) < 4.78 is 0. The molecule has 2 nitrogen and oxygen atoms in total. The Kier molecular flexibility index (Phi) is 4.95. The van der Waals surface area contributed by atoms with Crippen LogP contribution < -0.4 is 5.46 Å². The van der Waals surface area contributed by atoms with Crippen LogP contribution >= 0.6 is 11.8 Å². The Labute approximate surface area is 108 Å². The molecule has 0 aromatic heterocycles. The summed E-state index contributed by atoms with van der Waals surface area (Å²) in [6, 6.07) is 7.54. The van der Waals surface area contributed by atoms with Crippen LogP contribution in [0.25, 0.3) is 0 Å². The molecule has 92 valence electrons. The van der Waals surface area contributed by atoms with Crippen molar-refractivity contribution in [2.75, 3.05) is 5.75 Å². The van der Waals surface area contributed by atoms with Gasteiger partial charge in [-0.2, -0.15) is 11.8 Å². The molecule has 0 bridgehead atoms. The molecule has 2 rings (SSSR count). The van der Waals surface area contributed by atoms with E-state index in [-0.39, 0.29) is 0 Å².